The standard InChI is InChI=1S/C11H8F7I.C11H10F7N/c2*1-5-3-7(4-6(2)8(5)19)9(12,10(13,14)15)11(16,17)18/h3-4H,1-2H3;3-4H,19H2,1-2H3. The largest absolute Gasteiger partial charge is 0.435 e. The van der Waals surface area contributed by atoms with Gasteiger partial charge in [-0.25, -0.2) is 8.78 Å². The fourth-order valence-corrected chi connectivity index (χ4v) is 3.61. The number of rotatable bonds is 2. The summed E-state index contributed by atoms with van der Waals surface area (Å²) >= 11 is 1.77. The Bertz CT molecular complexity index is 993. The molecule has 1 nitrogen and oxygen atoms in total. The maximum atomic E-state index is 13.8. The van der Waals surface area contributed by atoms with Crippen LogP contribution in [0.15, 0.2) is 24.3 Å². The third-order valence-electron chi connectivity index (χ3n) is 5.39. The lowest BCUT2D eigenvalue weighted by atomic mass is 9.90. The summed E-state index contributed by atoms with van der Waals surface area (Å²) < 4.78 is 178. The molecule has 0 saturated heterocycles. The van der Waals surface area contributed by atoms with Crippen molar-refractivity contribution in [2.45, 2.75) is 63.7 Å². The molecule has 0 heterocycles. The molecule has 0 unspecified atom stereocenters. The monoisotopic (exact) mass is 689 g/mol. The van der Waals surface area contributed by atoms with Crippen LogP contribution in [0.4, 0.5) is 67.2 Å². The predicted octanol–water partition coefficient (Wildman–Crippen LogP) is 9.37. The van der Waals surface area contributed by atoms with E-state index >= 15 is 0 Å². The van der Waals surface area contributed by atoms with Crippen LogP contribution in [0.2, 0.25) is 0 Å². The van der Waals surface area contributed by atoms with Crippen molar-refractivity contribution in [1.82, 2.24) is 0 Å². The SMILES string of the molecule is Cc1cc(C(F)(C(F)(F)F)C(F)(F)F)cc(C)c1I.Cc1cc(C(F)(C(F)(F)F)C(F)(F)F)cc(C)c1N. The van der Waals surface area contributed by atoms with Crippen LogP contribution in [0.5, 0.6) is 0 Å². The fourth-order valence-electron chi connectivity index (χ4n) is 3.29. The number of nitrogen functional groups attached to an aromatic ring is 1. The van der Waals surface area contributed by atoms with Crippen molar-refractivity contribution in [2.75, 3.05) is 5.73 Å². The molecule has 0 fully saturated rings. The van der Waals surface area contributed by atoms with Gasteiger partial charge in [-0.1, -0.05) is 24.3 Å². The first-order valence-electron chi connectivity index (χ1n) is 9.93. The van der Waals surface area contributed by atoms with Gasteiger partial charge in [0.15, 0.2) is 0 Å². The lowest BCUT2D eigenvalue weighted by molar-refractivity contribution is -0.349. The highest BCUT2D eigenvalue weighted by atomic mass is 127. The second-order valence-electron chi connectivity index (χ2n) is 8.26. The van der Waals surface area contributed by atoms with Gasteiger partial charge < -0.3 is 5.73 Å². The number of aryl methyl sites for hydroxylation is 4. The molecule has 2 aromatic rings. The van der Waals surface area contributed by atoms with Crippen molar-refractivity contribution >= 4 is 28.3 Å². The number of hydrogen-bond acceptors (Lipinski definition) is 1. The minimum absolute atomic E-state index is 0.0236. The molecule has 216 valence electrons. The molecular weight excluding hydrogens is 671 g/mol. The second kappa shape index (κ2) is 10.5. The van der Waals surface area contributed by atoms with Crippen LogP contribution in [-0.2, 0) is 11.3 Å². The maximum Gasteiger partial charge on any atom is 0.435 e. The van der Waals surface area contributed by atoms with Gasteiger partial charge in [0.1, 0.15) is 0 Å². The van der Waals surface area contributed by atoms with E-state index in [-0.39, 0.29) is 27.9 Å². The number of hydrogen-bond donors (Lipinski definition) is 1. The Morgan fingerprint density at radius 2 is 0.684 bits per heavy atom. The summed E-state index contributed by atoms with van der Waals surface area (Å²) in [7, 11) is 0. The van der Waals surface area contributed by atoms with E-state index in [1.165, 1.54) is 27.7 Å². The highest BCUT2D eigenvalue weighted by Gasteiger charge is 2.74. The van der Waals surface area contributed by atoms with Crippen LogP contribution >= 0.6 is 22.6 Å². The Balaban J connectivity index is 0.000000380. The Morgan fingerprint density at radius 3 is 0.895 bits per heavy atom. The molecule has 0 saturated carbocycles. The van der Waals surface area contributed by atoms with Gasteiger partial charge >= 0.3 is 36.0 Å². The van der Waals surface area contributed by atoms with Gasteiger partial charge in [0, 0.05) is 20.4 Å². The summed E-state index contributed by atoms with van der Waals surface area (Å²) in [5.74, 6) is 0. The minimum Gasteiger partial charge on any atom is -0.398 e. The van der Waals surface area contributed by atoms with Gasteiger partial charge in [-0.15, -0.1) is 0 Å². The van der Waals surface area contributed by atoms with Crippen molar-refractivity contribution in [3.63, 3.8) is 0 Å². The molecule has 0 aliphatic rings. The van der Waals surface area contributed by atoms with E-state index in [0.29, 0.717) is 27.8 Å². The number of halogens is 15. The molecule has 38 heavy (non-hydrogen) atoms. The quantitative estimate of drug-likeness (QED) is 0.190. The van der Waals surface area contributed by atoms with E-state index < -0.39 is 47.2 Å². The van der Waals surface area contributed by atoms with Gasteiger partial charge in [-0.05, 0) is 72.5 Å². The molecule has 0 amide bonds. The number of benzene rings is 2. The highest BCUT2D eigenvalue weighted by molar-refractivity contribution is 14.1. The summed E-state index contributed by atoms with van der Waals surface area (Å²) in [6, 6.07) is 2.08. The van der Waals surface area contributed by atoms with Crippen LogP contribution in [0.1, 0.15) is 33.4 Å². The Morgan fingerprint density at radius 1 is 0.474 bits per heavy atom. The van der Waals surface area contributed by atoms with Crippen molar-refractivity contribution in [3.8, 4) is 0 Å². The van der Waals surface area contributed by atoms with Gasteiger partial charge in [0.05, 0.1) is 0 Å². The van der Waals surface area contributed by atoms with Crippen LogP contribution in [0.25, 0.3) is 0 Å². The van der Waals surface area contributed by atoms with Crippen LogP contribution in [0.3, 0.4) is 0 Å². The maximum absolute atomic E-state index is 13.8. The first kappa shape index (κ1) is 34.0. The molecule has 0 aliphatic carbocycles. The highest BCUT2D eigenvalue weighted by Crippen LogP contribution is 2.54. The molecule has 16 heteroatoms. The van der Waals surface area contributed by atoms with E-state index in [2.05, 4.69) is 0 Å². The van der Waals surface area contributed by atoms with Crippen molar-refractivity contribution < 1.29 is 61.5 Å². The summed E-state index contributed by atoms with van der Waals surface area (Å²) in [6.45, 7) is 5.06. The summed E-state index contributed by atoms with van der Waals surface area (Å²) in [5.41, 5.74) is -8.07. The van der Waals surface area contributed by atoms with Crippen LogP contribution < -0.4 is 5.73 Å². The van der Waals surface area contributed by atoms with Crippen molar-refractivity contribution in [1.29, 1.82) is 0 Å². The molecule has 0 aromatic heterocycles. The number of anilines is 1. The number of nitrogens with two attached hydrogens (primary N) is 1. The van der Waals surface area contributed by atoms with Gasteiger partial charge in [-0.2, -0.15) is 52.7 Å². The first-order chi connectivity index (χ1) is 16.6. The number of alkyl halides is 14. The van der Waals surface area contributed by atoms with Gasteiger partial charge in [0.2, 0.25) is 0 Å². The van der Waals surface area contributed by atoms with E-state index in [1.807, 2.05) is 0 Å². The molecule has 0 spiro atoms. The molecule has 0 aliphatic heterocycles. The zero-order valence-corrected chi connectivity index (χ0v) is 21.7. The van der Waals surface area contributed by atoms with Gasteiger partial charge in [-0.3, -0.25) is 0 Å². The molecule has 0 radical (unpaired) electrons. The van der Waals surface area contributed by atoms with Crippen LogP contribution in [-0.4, -0.2) is 24.7 Å². The molecule has 0 atom stereocenters. The van der Waals surface area contributed by atoms with Crippen LogP contribution in [0, 0.1) is 31.3 Å². The molecule has 2 rings (SSSR count). The first-order valence-corrected chi connectivity index (χ1v) is 11.0. The Labute approximate surface area is 220 Å². The van der Waals surface area contributed by atoms with E-state index in [9.17, 15) is 61.5 Å². The summed E-state index contributed by atoms with van der Waals surface area (Å²) in [6.07, 6.45) is -24.4. The van der Waals surface area contributed by atoms with E-state index in [4.69, 9.17) is 5.73 Å². The lowest BCUT2D eigenvalue weighted by Gasteiger charge is -2.31. The fraction of sp³-hybridized carbons (Fsp3) is 0.455. The van der Waals surface area contributed by atoms with E-state index in [0.717, 1.165) is 0 Å². The minimum atomic E-state index is -6.11. The summed E-state index contributed by atoms with van der Waals surface area (Å²) in [5, 5.41) is 0. The average Bonchev–Trinajstić information content (AvgIpc) is 2.71. The Hall–Kier alpha value is -2.01. The molecule has 0 bridgehead atoms. The summed E-state index contributed by atoms with van der Waals surface area (Å²) in [4.78, 5) is 0. The average molecular weight is 689 g/mol. The molecule has 2 N–H and O–H groups in total. The van der Waals surface area contributed by atoms with Gasteiger partial charge in [0.25, 0.3) is 0 Å². The molecular formula is C22H18F14IN. The smallest absolute Gasteiger partial charge is 0.398 e. The van der Waals surface area contributed by atoms with Crippen molar-refractivity contribution in [3.05, 3.63) is 61.2 Å². The second-order valence-corrected chi connectivity index (χ2v) is 9.33. The zero-order valence-electron chi connectivity index (χ0n) is 19.6. The lowest BCUT2D eigenvalue weighted by Crippen LogP contribution is -2.50. The molecule has 2 aromatic carbocycles. The zero-order chi connectivity index (χ0) is 30.4. The Kier molecular flexibility index (Phi) is 9.42. The third kappa shape index (κ3) is 6.08. The topological polar surface area (TPSA) is 26.0 Å². The normalized spacial score (nSPS) is 13.8. The van der Waals surface area contributed by atoms with E-state index in [1.54, 1.807) is 22.6 Å². The third-order valence-corrected chi connectivity index (χ3v) is 7.09. The predicted molar refractivity (Wildman–Crippen MR) is 119 cm³/mol. The van der Waals surface area contributed by atoms with Crippen molar-refractivity contribution in [2.24, 2.45) is 0 Å².